The van der Waals surface area contributed by atoms with Gasteiger partial charge in [-0.3, -0.25) is 9.97 Å². The number of para-hydroxylation sites is 2. The summed E-state index contributed by atoms with van der Waals surface area (Å²) in [4.78, 5) is 14.6. The zero-order valence-electron chi connectivity index (χ0n) is 33.9. The Labute approximate surface area is 361 Å². The minimum atomic E-state index is 0.783. The molecule has 0 bridgehead atoms. The van der Waals surface area contributed by atoms with Crippen LogP contribution in [0.25, 0.3) is 122 Å². The maximum absolute atomic E-state index is 6.09. The molecule has 0 amide bonds. The van der Waals surface area contributed by atoms with Crippen LogP contribution >= 0.6 is 0 Å². The quantitative estimate of drug-likeness (QED) is 0.168. The summed E-state index contributed by atoms with van der Waals surface area (Å²) >= 11 is 0. The summed E-state index contributed by atoms with van der Waals surface area (Å²) in [6.07, 6.45) is 5.70. The van der Waals surface area contributed by atoms with Crippen LogP contribution in [0.15, 0.2) is 217 Å². The highest BCUT2D eigenvalue weighted by Gasteiger charge is 2.19. The molecule has 0 radical (unpaired) electrons. The molecule has 6 aromatic heterocycles. The van der Waals surface area contributed by atoms with Crippen molar-refractivity contribution < 1.29 is 4.42 Å². The van der Waals surface area contributed by atoms with Crippen LogP contribution in [0.1, 0.15) is 0 Å². The molecule has 0 spiro atoms. The zero-order valence-corrected chi connectivity index (χ0v) is 33.9. The maximum Gasteiger partial charge on any atom is 0.153 e. The number of nitrogens with zero attached hydrogens (tertiary/aromatic N) is 5. The van der Waals surface area contributed by atoms with Crippen molar-refractivity contribution in [2.24, 2.45) is 0 Å². The average molecular weight is 806 g/mol. The molecule has 7 aromatic carbocycles. The highest BCUT2D eigenvalue weighted by atomic mass is 16.3. The van der Waals surface area contributed by atoms with Crippen LogP contribution in [-0.4, -0.2) is 24.1 Å². The summed E-state index contributed by atoms with van der Waals surface area (Å²) in [7, 11) is 0. The lowest BCUT2D eigenvalue weighted by Crippen LogP contribution is -1.98. The predicted octanol–water partition coefficient (Wildman–Crippen LogP) is 14.6. The van der Waals surface area contributed by atoms with E-state index in [9.17, 15) is 0 Å². The standard InChI is InChI=1S/C57H35N5O/c1-3-12-36(13-4-1)49-32-42(33-50(60-49)37-14-5-2-6-15-37)61-52-19-10-8-17-45(52)47-29-38(22-25-53(47)61)40-21-24-46-44-16-7-9-18-51(44)62(54(46)31-40)43-28-41(34-58-35-43)39-23-26-55-48(30-39)57-56(63-55)20-11-27-59-57/h1-35H. The summed E-state index contributed by atoms with van der Waals surface area (Å²) in [6, 6.07) is 68.8. The Hall–Kier alpha value is -8.61. The van der Waals surface area contributed by atoms with E-state index in [1.54, 1.807) is 0 Å². The Kier molecular flexibility index (Phi) is 7.80. The van der Waals surface area contributed by atoms with Gasteiger partial charge in [-0.2, -0.15) is 0 Å². The predicted molar refractivity (Wildman–Crippen MR) is 258 cm³/mol. The molecule has 0 saturated carbocycles. The zero-order chi connectivity index (χ0) is 41.4. The molecule has 0 N–H and O–H groups in total. The number of pyridine rings is 3. The van der Waals surface area contributed by atoms with Gasteiger partial charge in [0, 0.05) is 56.0 Å². The fraction of sp³-hybridized carbons (Fsp3) is 0. The first-order valence-corrected chi connectivity index (χ1v) is 21.2. The summed E-state index contributed by atoms with van der Waals surface area (Å²) in [6.45, 7) is 0. The summed E-state index contributed by atoms with van der Waals surface area (Å²) < 4.78 is 10.8. The molecule has 6 heterocycles. The van der Waals surface area contributed by atoms with Crippen molar-refractivity contribution in [3.05, 3.63) is 213 Å². The van der Waals surface area contributed by atoms with Crippen molar-refractivity contribution in [1.82, 2.24) is 24.1 Å². The van der Waals surface area contributed by atoms with Crippen molar-refractivity contribution in [2.45, 2.75) is 0 Å². The molecule has 63 heavy (non-hydrogen) atoms. The van der Waals surface area contributed by atoms with Crippen molar-refractivity contribution >= 4 is 65.7 Å². The molecule has 6 heteroatoms. The molecule has 6 nitrogen and oxygen atoms in total. The summed E-state index contributed by atoms with van der Waals surface area (Å²) in [5, 5.41) is 5.77. The van der Waals surface area contributed by atoms with E-state index in [1.165, 1.54) is 21.5 Å². The van der Waals surface area contributed by atoms with Gasteiger partial charge >= 0.3 is 0 Å². The molecule has 0 fully saturated rings. The fourth-order valence-electron chi connectivity index (χ4n) is 9.50. The maximum atomic E-state index is 6.09. The van der Waals surface area contributed by atoms with Gasteiger partial charge < -0.3 is 13.6 Å². The van der Waals surface area contributed by atoms with Crippen LogP contribution in [0.4, 0.5) is 0 Å². The van der Waals surface area contributed by atoms with E-state index >= 15 is 0 Å². The van der Waals surface area contributed by atoms with E-state index in [-0.39, 0.29) is 0 Å². The van der Waals surface area contributed by atoms with Gasteiger partial charge in [0.2, 0.25) is 0 Å². The van der Waals surface area contributed by atoms with E-state index < -0.39 is 0 Å². The van der Waals surface area contributed by atoms with Crippen LogP contribution in [-0.2, 0) is 0 Å². The van der Waals surface area contributed by atoms with Crippen LogP contribution in [0, 0.1) is 0 Å². The van der Waals surface area contributed by atoms with E-state index in [4.69, 9.17) is 14.4 Å². The van der Waals surface area contributed by atoms with E-state index in [2.05, 4.69) is 178 Å². The minimum Gasteiger partial charge on any atom is -0.454 e. The van der Waals surface area contributed by atoms with Gasteiger partial charge in [-0.15, -0.1) is 0 Å². The Bertz CT molecular complexity index is 3860. The topological polar surface area (TPSA) is 61.7 Å². The first-order chi connectivity index (χ1) is 31.2. The van der Waals surface area contributed by atoms with Crippen molar-refractivity contribution in [3.63, 3.8) is 0 Å². The van der Waals surface area contributed by atoms with Crippen LogP contribution < -0.4 is 0 Å². The second-order valence-electron chi connectivity index (χ2n) is 16.1. The van der Waals surface area contributed by atoms with Gasteiger partial charge in [-0.25, -0.2) is 4.98 Å². The number of fused-ring (bicyclic) bond motifs is 9. The van der Waals surface area contributed by atoms with Gasteiger partial charge in [0.1, 0.15) is 11.1 Å². The summed E-state index contributed by atoms with van der Waals surface area (Å²) in [5.74, 6) is 0. The molecule has 13 aromatic rings. The smallest absolute Gasteiger partial charge is 0.153 e. The molecule has 0 saturated heterocycles. The molecule has 0 atom stereocenters. The van der Waals surface area contributed by atoms with Gasteiger partial charge in [-0.1, -0.05) is 121 Å². The van der Waals surface area contributed by atoms with E-state index in [1.807, 2.05) is 48.9 Å². The Morgan fingerprint density at radius 3 is 1.70 bits per heavy atom. The second kappa shape index (κ2) is 14.0. The molecule has 0 aliphatic heterocycles. The lowest BCUT2D eigenvalue weighted by atomic mass is 10.0. The number of hydrogen-bond donors (Lipinski definition) is 0. The van der Waals surface area contributed by atoms with Crippen molar-refractivity contribution in [1.29, 1.82) is 0 Å². The van der Waals surface area contributed by atoms with Crippen LogP contribution in [0.5, 0.6) is 0 Å². The molecule has 0 aliphatic rings. The molecular formula is C57H35N5O. The second-order valence-corrected chi connectivity index (χ2v) is 16.1. The molecule has 0 aliphatic carbocycles. The third-order valence-corrected chi connectivity index (χ3v) is 12.4. The number of furan rings is 1. The minimum absolute atomic E-state index is 0.783. The van der Waals surface area contributed by atoms with Gasteiger partial charge in [0.25, 0.3) is 0 Å². The average Bonchev–Trinajstić information content (AvgIpc) is 4.01. The third-order valence-electron chi connectivity index (χ3n) is 12.4. The number of benzene rings is 7. The fourth-order valence-corrected chi connectivity index (χ4v) is 9.50. The number of rotatable bonds is 6. The molecule has 294 valence electrons. The number of aromatic nitrogens is 5. The number of hydrogen-bond acceptors (Lipinski definition) is 4. The molecular weight excluding hydrogens is 771 g/mol. The van der Waals surface area contributed by atoms with Crippen molar-refractivity contribution in [2.75, 3.05) is 0 Å². The van der Waals surface area contributed by atoms with Gasteiger partial charge in [-0.05, 0) is 89.5 Å². The highest BCUT2D eigenvalue weighted by Crippen LogP contribution is 2.40. The first kappa shape index (κ1) is 35.2. The van der Waals surface area contributed by atoms with Gasteiger partial charge in [0.05, 0.1) is 51.0 Å². The van der Waals surface area contributed by atoms with E-state index in [0.717, 1.165) is 100 Å². The SMILES string of the molecule is c1ccc(-c2cc(-n3c4ccccc4c4cc(-c5ccc6c7ccccc7n(-c7cncc(-c8ccc9oc%10cccnc%10c9c8)c7)c6c5)ccc43)cc(-c3ccccc3)n2)cc1. The van der Waals surface area contributed by atoms with Gasteiger partial charge in [0.15, 0.2) is 5.58 Å². The van der Waals surface area contributed by atoms with Crippen LogP contribution in [0.3, 0.4) is 0 Å². The third kappa shape index (κ3) is 5.69. The van der Waals surface area contributed by atoms with Crippen molar-refractivity contribution in [3.8, 4) is 56.1 Å². The largest absolute Gasteiger partial charge is 0.454 e. The highest BCUT2D eigenvalue weighted by molar-refractivity contribution is 6.13. The lowest BCUT2D eigenvalue weighted by Gasteiger charge is -2.13. The van der Waals surface area contributed by atoms with Crippen LogP contribution in [0.2, 0.25) is 0 Å². The normalized spacial score (nSPS) is 11.8. The Balaban J connectivity index is 0.961. The summed E-state index contributed by atoms with van der Waals surface area (Å²) in [5.41, 5.74) is 17.5. The first-order valence-electron chi connectivity index (χ1n) is 21.2. The Morgan fingerprint density at radius 2 is 0.937 bits per heavy atom. The molecule has 0 unspecified atom stereocenters. The lowest BCUT2D eigenvalue weighted by molar-refractivity contribution is 0.668. The van der Waals surface area contributed by atoms with E-state index in [0.29, 0.717) is 0 Å². The monoisotopic (exact) mass is 805 g/mol. The Morgan fingerprint density at radius 1 is 0.349 bits per heavy atom. The molecule has 13 rings (SSSR count).